The van der Waals surface area contributed by atoms with Gasteiger partial charge in [0.2, 0.25) is 5.04 Å². The molecule has 1 fully saturated rings. The number of hydrogen-bond acceptors (Lipinski definition) is 5. The first-order chi connectivity index (χ1) is 7.20. The molecule has 1 atom stereocenters. The predicted molar refractivity (Wildman–Crippen MR) is 66.0 cm³/mol. The van der Waals surface area contributed by atoms with Crippen molar-refractivity contribution in [3.63, 3.8) is 0 Å². The molecule has 1 rings (SSSR count). The van der Waals surface area contributed by atoms with Crippen LogP contribution in [0.1, 0.15) is 13.3 Å². The van der Waals surface area contributed by atoms with Crippen molar-refractivity contribution in [3.8, 4) is 0 Å². The van der Waals surface area contributed by atoms with Crippen molar-refractivity contribution in [1.82, 2.24) is 4.90 Å². The number of oxime groups is 1. The maximum absolute atomic E-state index is 11.7. The minimum absolute atomic E-state index is 0.143. The summed E-state index contributed by atoms with van der Waals surface area (Å²) in [6, 6.07) is 0. The van der Waals surface area contributed by atoms with Crippen LogP contribution in [-0.4, -0.2) is 33.7 Å². The van der Waals surface area contributed by atoms with Crippen LogP contribution in [0.25, 0.3) is 0 Å². The molecule has 1 amide bonds. The van der Waals surface area contributed by atoms with Crippen LogP contribution in [0.15, 0.2) is 17.8 Å². The number of thiol groups is 1. The van der Waals surface area contributed by atoms with Gasteiger partial charge in [0, 0.05) is 6.54 Å². The van der Waals surface area contributed by atoms with E-state index in [1.54, 1.807) is 11.0 Å². The van der Waals surface area contributed by atoms with E-state index in [0.717, 1.165) is 6.42 Å². The van der Waals surface area contributed by atoms with E-state index in [1.807, 2.05) is 6.92 Å². The summed E-state index contributed by atoms with van der Waals surface area (Å²) in [6.45, 7) is 6.57. The van der Waals surface area contributed by atoms with E-state index in [0.29, 0.717) is 18.2 Å². The molecular formula is C9H14N2O2S2. The topological polar surface area (TPSA) is 41.9 Å². The van der Waals surface area contributed by atoms with Gasteiger partial charge in [0.25, 0.3) is 5.91 Å². The molecular weight excluding hydrogens is 232 g/mol. The Labute approximate surface area is 99.1 Å². The summed E-state index contributed by atoms with van der Waals surface area (Å²) in [7, 11) is 0. The Bertz CT molecular complexity index is 281. The molecule has 1 unspecified atom stereocenters. The second kappa shape index (κ2) is 6.07. The number of carbonyl (C=O) groups is 1. The Hall–Kier alpha value is -0.620. The molecule has 0 aromatic carbocycles. The smallest absolute Gasteiger partial charge is 0.284 e. The summed E-state index contributed by atoms with van der Waals surface area (Å²) in [5.74, 6) is -0.143. The fourth-order valence-electron chi connectivity index (χ4n) is 1.01. The number of amides is 1. The highest BCUT2D eigenvalue weighted by Crippen LogP contribution is 2.29. The minimum atomic E-state index is -0.195. The van der Waals surface area contributed by atoms with Crippen molar-refractivity contribution < 1.29 is 9.63 Å². The van der Waals surface area contributed by atoms with Gasteiger partial charge in [0.05, 0.1) is 0 Å². The molecule has 0 spiro atoms. The molecule has 0 aromatic heterocycles. The maximum atomic E-state index is 11.7. The Morgan fingerprint density at radius 3 is 3.13 bits per heavy atom. The molecule has 84 valence electrons. The lowest BCUT2D eigenvalue weighted by molar-refractivity contribution is -0.122. The number of rotatable bonds is 5. The molecule has 1 heterocycles. The predicted octanol–water partition coefficient (Wildman–Crippen LogP) is 1.70. The lowest BCUT2D eigenvalue weighted by Gasteiger charge is -2.15. The van der Waals surface area contributed by atoms with Crippen LogP contribution in [0.3, 0.4) is 0 Å². The molecule has 6 heteroatoms. The lowest BCUT2D eigenvalue weighted by Crippen LogP contribution is -2.31. The van der Waals surface area contributed by atoms with E-state index in [4.69, 9.17) is 4.84 Å². The summed E-state index contributed by atoms with van der Waals surface area (Å²) in [6.07, 6.45) is 2.54. The van der Waals surface area contributed by atoms with E-state index in [2.05, 4.69) is 24.4 Å². The second-order valence-electron chi connectivity index (χ2n) is 2.92. The Kier molecular flexibility index (Phi) is 5.04. The highest BCUT2D eigenvalue weighted by atomic mass is 32.2. The normalized spacial score (nSPS) is 23.6. The molecule has 1 saturated heterocycles. The molecule has 0 bridgehead atoms. The van der Waals surface area contributed by atoms with Gasteiger partial charge in [-0.1, -0.05) is 29.9 Å². The van der Waals surface area contributed by atoms with E-state index < -0.39 is 0 Å². The van der Waals surface area contributed by atoms with Crippen molar-refractivity contribution in [2.75, 3.05) is 13.2 Å². The molecule has 0 N–H and O–H groups in total. The van der Waals surface area contributed by atoms with Gasteiger partial charge in [-0.25, -0.2) is 0 Å². The van der Waals surface area contributed by atoms with Gasteiger partial charge in [0.15, 0.2) is 0 Å². The van der Waals surface area contributed by atoms with E-state index in [9.17, 15) is 4.79 Å². The first-order valence-corrected chi connectivity index (χ1v) is 6.06. The Morgan fingerprint density at radius 2 is 2.53 bits per heavy atom. The monoisotopic (exact) mass is 246 g/mol. The van der Waals surface area contributed by atoms with Crippen molar-refractivity contribution in [2.45, 2.75) is 18.1 Å². The van der Waals surface area contributed by atoms with Crippen LogP contribution in [0.2, 0.25) is 0 Å². The number of carbonyl (C=O) groups excluding carboxylic acids is 1. The Balaban J connectivity index is 2.59. The average Bonchev–Trinajstić information content (AvgIpc) is 2.47. The van der Waals surface area contributed by atoms with Crippen LogP contribution < -0.4 is 0 Å². The third kappa shape index (κ3) is 3.17. The largest absolute Gasteiger partial charge is 0.395 e. The molecule has 0 radical (unpaired) electrons. The van der Waals surface area contributed by atoms with Crippen LogP contribution in [0.4, 0.5) is 0 Å². The lowest BCUT2D eigenvalue weighted by atomic mass is 10.5. The molecule has 1 aliphatic heterocycles. The van der Waals surface area contributed by atoms with Gasteiger partial charge >= 0.3 is 0 Å². The van der Waals surface area contributed by atoms with Crippen molar-refractivity contribution in [1.29, 1.82) is 0 Å². The van der Waals surface area contributed by atoms with Gasteiger partial charge in [0.1, 0.15) is 11.3 Å². The summed E-state index contributed by atoms with van der Waals surface area (Å²) >= 11 is 5.56. The first-order valence-electron chi connectivity index (χ1n) is 4.67. The number of thioether (sulfide) groups is 1. The maximum Gasteiger partial charge on any atom is 0.284 e. The molecule has 0 saturated carbocycles. The summed E-state index contributed by atoms with van der Waals surface area (Å²) in [4.78, 5) is 18.2. The second-order valence-corrected chi connectivity index (χ2v) is 4.83. The highest BCUT2D eigenvalue weighted by molar-refractivity contribution is 8.23. The number of nitrogens with zero attached hydrogens (tertiary/aromatic N) is 2. The van der Waals surface area contributed by atoms with Crippen LogP contribution in [0.5, 0.6) is 0 Å². The summed E-state index contributed by atoms with van der Waals surface area (Å²) in [5, 5.41) is 4.15. The quantitative estimate of drug-likeness (QED) is 0.347. The van der Waals surface area contributed by atoms with Gasteiger partial charge in [-0.05, 0) is 6.42 Å². The van der Waals surface area contributed by atoms with Gasteiger partial charge < -0.3 is 9.74 Å². The minimum Gasteiger partial charge on any atom is -0.395 e. The molecule has 1 aliphatic rings. The highest BCUT2D eigenvalue weighted by Gasteiger charge is 2.35. The molecule has 0 aliphatic carbocycles. The van der Waals surface area contributed by atoms with Crippen LogP contribution in [0, 0.1) is 0 Å². The Morgan fingerprint density at radius 1 is 1.80 bits per heavy atom. The van der Waals surface area contributed by atoms with E-state index in [1.165, 1.54) is 11.8 Å². The van der Waals surface area contributed by atoms with Crippen molar-refractivity contribution in [2.24, 2.45) is 5.16 Å². The zero-order chi connectivity index (χ0) is 11.3. The number of hydrogen-bond donors (Lipinski definition) is 1. The fourth-order valence-corrected chi connectivity index (χ4v) is 2.33. The van der Waals surface area contributed by atoms with E-state index in [-0.39, 0.29) is 10.6 Å². The molecule has 15 heavy (non-hydrogen) atoms. The van der Waals surface area contributed by atoms with Gasteiger partial charge in [-0.15, -0.1) is 19.2 Å². The van der Waals surface area contributed by atoms with Crippen LogP contribution in [-0.2, 0) is 9.63 Å². The summed E-state index contributed by atoms with van der Waals surface area (Å²) in [5.41, 5.74) is 0. The van der Waals surface area contributed by atoms with Gasteiger partial charge in [-0.2, -0.15) is 0 Å². The molecule has 4 nitrogen and oxygen atoms in total. The standard InChI is InChI=1S/C9H14N2O2S2/c1-3-5-11-8(12)7(15-9(11)14)10-13-6-4-2/h3,9,14H,1,4-6H2,2H3/b10-7+. The first kappa shape index (κ1) is 12.4. The van der Waals surface area contributed by atoms with Crippen LogP contribution >= 0.6 is 24.4 Å². The average molecular weight is 246 g/mol. The van der Waals surface area contributed by atoms with Crippen molar-refractivity contribution >= 4 is 35.3 Å². The SMILES string of the molecule is C=CCN1C(=O)/C(=N\OCCC)SC1S. The fraction of sp³-hybridized carbons (Fsp3) is 0.556. The molecule has 0 aromatic rings. The summed E-state index contributed by atoms with van der Waals surface area (Å²) < 4.78 is -0.195. The van der Waals surface area contributed by atoms with Crippen molar-refractivity contribution in [3.05, 3.63) is 12.7 Å². The zero-order valence-corrected chi connectivity index (χ0v) is 10.3. The van der Waals surface area contributed by atoms with E-state index >= 15 is 0 Å². The van der Waals surface area contributed by atoms with Gasteiger partial charge in [-0.3, -0.25) is 4.79 Å². The zero-order valence-electron chi connectivity index (χ0n) is 8.55. The third-order valence-electron chi connectivity index (χ3n) is 1.70. The third-order valence-corrected chi connectivity index (χ3v) is 3.23.